The summed E-state index contributed by atoms with van der Waals surface area (Å²) >= 11 is 0. The zero-order chi connectivity index (χ0) is 16.9. The number of benzene rings is 2. The first-order valence-corrected chi connectivity index (χ1v) is 8.83. The maximum Gasteiger partial charge on any atom is 0.183 e. The highest BCUT2D eigenvalue weighted by molar-refractivity contribution is 5.64. The molecular formula is C21H25FO2. The smallest absolute Gasteiger partial charge is 0.183 e. The first-order valence-electron chi connectivity index (χ1n) is 8.83. The van der Waals surface area contributed by atoms with Crippen LogP contribution in [0.2, 0.25) is 0 Å². The second kappa shape index (κ2) is 7.91. The normalized spacial score (nSPS) is 21.0. The minimum atomic E-state index is -0.287. The number of hydrogen-bond acceptors (Lipinski definition) is 2. The average molecular weight is 328 g/mol. The van der Waals surface area contributed by atoms with Crippen molar-refractivity contribution in [3.8, 4) is 11.1 Å². The standard InChI is InChI=1S/C21H25FO2/c1-3-5-17-8-11-19(12-20(17)22)16-6-9-18(10-7-16)21-23-13-15(4-2)14-24-21/h6-12,15,21H,3-5,13-14H2,1-2H3. The van der Waals surface area contributed by atoms with Crippen molar-refractivity contribution in [3.63, 3.8) is 0 Å². The van der Waals surface area contributed by atoms with Crippen LogP contribution < -0.4 is 0 Å². The van der Waals surface area contributed by atoms with E-state index >= 15 is 0 Å². The van der Waals surface area contributed by atoms with E-state index in [1.54, 1.807) is 6.07 Å². The van der Waals surface area contributed by atoms with Crippen LogP contribution in [0.15, 0.2) is 42.5 Å². The summed E-state index contributed by atoms with van der Waals surface area (Å²) in [5, 5.41) is 0. The van der Waals surface area contributed by atoms with Crippen LogP contribution in [-0.4, -0.2) is 13.2 Å². The van der Waals surface area contributed by atoms with Gasteiger partial charge in [-0.1, -0.05) is 56.7 Å². The Kier molecular flexibility index (Phi) is 5.64. The van der Waals surface area contributed by atoms with Gasteiger partial charge in [-0.3, -0.25) is 0 Å². The molecule has 2 aromatic carbocycles. The third-order valence-electron chi connectivity index (χ3n) is 4.63. The molecule has 2 nitrogen and oxygen atoms in total. The molecule has 3 heteroatoms. The quantitative estimate of drug-likeness (QED) is 0.720. The Labute approximate surface area is 143 Å². The fourth-order valence-corrected chi connectivity index (χ4v) is 3.00. The predicted octanol–water partition coefficient (Wildman–Crippen LogP) is 5.52. The van der Waals surface area contributed by atoms with Gasteiger partial charge in [-0.15, -0.1) is 0 Å². The molecule has 1 fully saturated rings. The van der Waals surface area contributed by atoms with E-state index in [4.69, 9.17) is 9.47 Å². The molecule has 3 rings (SSSR count). The van der Waals surface area contributed by atoms with E-state index in [-0.39, 0.29) is 12.1 Å². The van der Waals surface area contributed by atoms with Crippen LogP contribution in [0.3, 0.4) is 0 Å². The molecule has 0 bridgehead atoms. The van der Waals surface area contributed by atoms with E-state index in [1.807, 2.05) is 36.4 Å². The third-order valence-corrected chi connectivity index (χ3v) is 4.63. The molecular weight excluding hydrogens is 303 g/mol. The van der Waals surface area contributed by atoms with Crippen LogP contribution in [0.1, 0.15) is 44.1 Å². The molecule has 0 unspecified atom stereocenters. The molecule has 0 atom stereocenters. The summed E-state index contributed by atoms with van der Waals surface area (Å²) in [5.41, 5.74) is 3.70. The van der Waals surface area contributed by atoms with Crippen molar-refractivity contribution in [2.45, 2.75) is 39.4 Å². The largest absolute Gasteiger partial charge is 0.348 e. The molecule has 1 saturated heterocycles. The van der Waals surface area contributed by atoms with E-state index in [0.717, 1.165) is 54.7 Å². The van der Waals surface area contributed by atoms with Gasteiger partial charge in [0.15, 0.2) is 6.29 Å². The molecule has 2 aromatic rings. The van der Waals surface area contributed by atoms with Gasteiger partial charge < -0.3 is 9.47 Å². The topological polar surface area (TPSA) is 18.5 Å². The Hall–Kier alpha value is -1.71. The molecule has 0 aromatic heterocycles. The van der Waals surface area contributed by atoms with E-state index in [9.17, 15) is 4.39 Å². The summed E-state index contributed by atoms with van der Waals surface area (Å²) in [5.74, 6) is 0.369. The predicted molar refractivity (Wildman–Crippen MR) is 94.3 cm³/mol. The SMILES string of the molecule is CCCc1ccc(-c2ccc(C3OCC(CC)CO3)cc2)cc1F. The zero-order valence-electron chi connectivity index (χ0n) is 14.4. The van der Waals surface area contributed by atoms with Crippen LogP contribution in [0, 0.1) is 11.7 Å². The first kappa shape index (κ1) is 17.1. The minimum absolute atomic E-state index is 0.122. The Bertz CT molecular complexity index is 658. The Morgan fingerprint density at radius 2 is 1.62 bits per heavy atom. The van der Waals surface area contributed by atoms with Crippen LogP contribution >= 0.6 is 0 Å². The van der Waals surface area contributed by atoms with Gasteiger partial charge in [-0.25, -0.2) is 4.39 Å². The van der Waals surface area contributed by atoms with Crippen LogP contribution in [0.4, 0.5) is 4.39 Å². The second-order valence-electron chi connectivity index (χ2n) is 6.45. The number of halogens is 1. The van der Waals surface area contributed by atoms with Gasteiger partial charge in [0.2, 0.25) is 0 Å². The van der Waals surface area contributed by atoms with Crippen LogP contribution in [-0.2, 0) is 15.9 Å². The molecule has 128 valence electrons. The molecule has 1 heterocycles. The van der Waals surface area contributed by atoms with Gasteiger partial charge in [0.05, 0.1) is 13.2 Å². The lowest BCUT2D eigenvalue weighted by Gasteiger charge is -2.29. The van der Waals surface area contributed by atoms with Gasteiger partial charge in [-0.2, -0.15) is 0 Å². The third kappa shape index (κ3) is 3.85. The summed E-state index contributed by atoms with van der Waals surface area (Å²) < 4.78 is 25.7. The van der Waals surface area contributed by atoms with Crippen LogP contribution in [0.5, 0.6) is 0 Å². The molecule has 0 spiro atoms. The minimum Gasteiger partial charge on any atom is -0.348 e. The summed E-state index contributed by atoms with van der Waals surface area (Å²) in [6, 6.07) is 13.5. The van der Waals surface area contributed by atoms with Crippen molar-refractivity contribution < 1.29 is 13.9 Å². The van der Waals surface area contributed by atoms with Crippen LogP contribution in [0.25, 0.3) is 11.1 Å². The maximum atomic E-state index is 14.1. The van der Waals surface area contributed by atoms with Crippen molar-refractivity contribution >= 4 is 0 Å². The average Bonchev–Trinajstić information content (AvgIpc) is 2.64. The van der Waals surface area contributed by atoms with E-state index < -0.39 is 0 Å². The molecule has 24 heavy (non-hydrogen) atoms. The van der Waals surface area contributed by atoms with Crippen molar-refractivity contribution in [1.82, 2.24) is 0 Å². The Morgan fingerprint density at radius 1 is 0.958 bits per heavy atom. The fourth-order valence-electron chi connectivity index (χ4n) is 3.00. The van der Waals surface area contributed by atoms with Gasteiger partial charge in [0.1, 0.15) is 5.82 Å². The molecule has 0 amide bonds. The number of hydrogen-bond donors (Lipinski definition) is 0. The lowest BCUT2D eigenvalue weighted by Crippen LogP contribution is -2.26. The first-order chi connectivity index (χ1) is 11.7. The highest BCUT2D eigenvalue weighted by Gasteiger charge is 2.22. The molecule has 0 saturated carbocycles. The molecule has 1 aliphatic heterocycles. The van der Waals surface area contributed by atoms with E-state index in [1.165, 1.54) is 0 Å². The summed E-state index contributed by atoms with van der Waals surface area (Å²) in [4.78, 5) is 0. The maximum absolute atomic E-state index is 14.1. The highest BCUT2D eigenvalue weighted by atomic mass is 19.1. The Morgan fingerprint density at radius 3 is 2.21 bits per heavy atom. The van der Waals surface area contributed by atoms with Crippen molar-refractivity contribution in [3.05, 3.63) is 59.4 Å². The molecule has 0 radical (unpaired) electrons. The lowest BCUT2D eigenvalue weighted by atomic mass is 10.0. The number of aryl methyl sites for hydroxylation is 1. The van der Waals surface area contributed by atoms with Crippen molar-refractivity contribution in [2.24, 2.45) is 5.92 Å². The Balaban J connectivity index is 1.71. The number of ether oxygens (including phenoxy) is 2. The van der Waals surface area contributed by atoms with Gasteiger partial charge >= 0.3 is 0 Å². The zero-order valence-corrected chi connectivity index (χ0v) is 14.4. The van der Waals surface area contributed by atoms with Gasteiger partial charge in [0.25, 0.3) is 0 Å². The van der Waals surface area contributed by atoms with Crippen molar-refractivity contribution in [2.75, 3.05) is 13.2 Å². The van der Waals surface area contributed by atoms with E-state index in [0.29, 0.717) is 5.92 Å². The molecule has 0 N–H and O–H groups in total. The van der Waals surface area contributed by atoms with Crippen molar-refractivity contribution in [1.29, 1.82) is 0 Å². The molecule has 1 aliphatic rings. The summed E-state index contributed by atoms with van der Waals surface area (Å²) in [6.45, 7) is 5.70. The van der Waals surface area contributed by atoms with Gasteiger partial charge in [0, 0.05) is 11.5 Å². The summed E-state index contributed by atoms with van der Waals surface area (Å²) in [7, 11) is 0. The second-order valence-corrected chi connectivity index (χ2v) is 6.45. The van der Waals surface area contributed by atoms with Gasteiger partial charge in [-0.05, 0) is 35.6 Å². The number of rotatable bonds is 5. The molecule has 0 aliphatic carbocycles. The lowest BCUT2D eigenvalue weighted by molar-refractivity contribution is -0.205. The highest BCUT2D eigenvalue weighted by Crippen LogP contribution is 2.29. The monoisotopic (exact) mass is 328 g/mol. The summed E-state index contributed by atoms with van der Waals surface area (Å²) in [6.07, 6.45) is 2.52. The van der Waals surface area contributed by atoms with E-state index in [2.05, 4.69) is 13.8 Å². The fraction of sp³-hybridized carbons (Fsp3) is 0.429.